The molecule has 1 N–H and O–H groups in total. The summed E-state index contributed by atoms with van der Waals surface area (Å²) in [5, 5.41) is 17.6. The third kappa shape index (κ3) is 2.87. The molecule has 0 aromatic carbocycles. The summed E-state index contributed by atoms with van der Waals surface area (Å²) >= 11 is 0. The van der Waals surface area contributed by atoms with E-state index in [4.69, 9.17) is 0 Å². The molecule has 0 amide bonds. The molecule has 0 aliphatic heterocycles. The normalized spacial score (nSPS) is 12.6. The van der Waals surface area contributed by atoms with E-state index in [0.29, 0.717) is 12.8 Å². The van der Waals surface area contributed by atoms with Gasteiger partial charge in [0.2, 0.25) is 0 Å². The first-order valence-corrected chi connectivity index (χ1v) is 5.16. The number of aliphatic hydroxyl groups is 1. The monoisotopic (exact) mass is 218 g/mol. The van der Waals surface area contributed by atoms with E-state index in [2.05, 4.69) is 15.3 Å². The van der Waals surface area contributed by atoms with E-state index in [-0.39, 0.29) is 0 Å². The van der Waals surface area contributed by atoms with Crippen molar-refractivity contribution in [3.05, 3.63) is 42.0 Å². The number of aromatic nitrogens is 4. The van der Waals surface area contributed by atoms with Crippen LogP contribution in [0.5, 0.6) is 0 Å². The van der Waals surface area contributed by atoms with Crippen LogP contribution in [0.3, 0.4) is 0 Å². The zero-order chi connectivity index (χ0) is 11.4. The average molecular weight is 218 g/mol. The Morgan fingerprint density at radius 1 is 1.31 bits per heavy atom. The third-order valence-electron chi connectivity index (χ3n) is 2.32. The fraction of sp³-hybridized carbons (Fsp3) is 0.364. The van der Waals surface area contributed by atoms with Crippen LogP contribution < -0.4 is 0 Å². The van der Waals surface area contributed by atoms with Crippen LogP contribution in [0.4, 0.5) is 0 Å². The number of aryl methyl sites for hydroxylation is 1. The summed E-state index contributed by atoms with van der Waals surface area (Å²) in [6.07, 6.45) is 5.97. The lowest BCUT2D eigenvalue weighted by Gasteiger charge is -2.07. The summed E-state index contributed by atoms with van der Waals surface area (Å²) in [5.74, 6) is 0. The van der Waals surface area contributed by atoms with Crippen LogP contribution in [0.1, 0.15) is 11.3 Å². The topological polar surface area (TPSA) is 63.8 Å². The van der Waals surface area contributed by atoms with Crippen molar-refractivity contribution in [2.75, 3.05) is 0 Å². The molecule has 5 nitrogen and oxygen atoms in total. The summed E-state index contributed by atoms with van der Waals surface area (Å²) in [5.41, 5.74) is 1.88. The number of rotatable bonds is 4. The molecule has 2 aromatic rings. The minimum absolute atomic E-state index is 0.431. The zero-order valence-electron chi connectivity index (χ0n) is 9.11. The van der Waals surface area contributed by atoms with Crippen molar-refractivity contribution < 1.29 is 5.11 Å². The Bertz CT molecular complexity index is 440. The molecule has 0 spiro atoms. The number of hydrogen-bond acceptors (Lipinski definition) is 4. The van der Waals surface area contributed by atoms with E-state index in [1.165, 1.54) is 0 Å². The first-order chi connectivity index (χ1) is 7.74. The predicted molar refractivity (Wildman–Crippen MR) is 58.7 cm³/mol. The molecule has 1 atom stereocenters. The maximum Gasteiger partial charge on any atom is 0.0852 e. The SMILES string of the molecule is Cn1cc(CC(O)Cc2ccncc2)nn1. The molecule has 16 heavy (non-hydrogen) atoms. The second-order valence-electron chi connectivity index (χ2n) is 3.80. The van der Waals surface area contributed by atoms with Gasteiger partial charge in [-0.15, -0.1) is 5.10 Å². The molecule has 2 rings (SSSR count). The highest BCUT2D eigenvalue weighted by atomic mass is 16.3. The second-order valence-corrected chi connectivity index (χ2v) is 3.80. The predicted octanol–water partition coefficient (Wildman–Crippen LogP) is 0.356. The fourth-order valence-electron chi connectivity index (χ4n) is 1.59. The van der Waals surface area contributed by atoms with Crippen LogP contribution in [0.2, 0.25) is 0 Å². The molecule has 0 aliphatic rings. The highest BCUT2D eigenvalue weighted by molar-refractivity contribution is 5.11. The fourth-order valence-corrected chi connectivity index (χ4v) is 1.59. The molecule has 0 saturated carbocycles. The number of hydrogen-bond donors (Lipinski definition) is 1. The molecule has 0 saturated heterocycles. The largest absolute Gasteiger partial charge is 0.392 e. The van der Waals surface area contributed by atoms with Gasteiger partial charge in [0.05, 0.1) is 11.8 Å². The van der Waals surface area contributed by atoms with E-state index in [9.17, 15) is 5.11 Å². The lowest BCUT2D eigenvalue weighted by molar-refractivity contribution is 0.174. The van der Waals surface area contributed by atoms with E-state index in [0.717, 1.165) is 11.3 Å². The van der Waals surface area contributed by atoms with Crippen LogP contribution in [-0.2, 0) is 19.9 Å². The highest BCUT2D eigenvalue weighted by Gasteiger charge is 2.09. The molecule has 84 valence electrons. The van der Waals surface area contributed by atoms with Crippen LogP contribution in [0.15, 0.2) is 30.7 Å². The molecule has 2 aromatic heterocycles. The summed E-state index contributed by atoms with van der Waals surface area (Å²) < 4.78 is 1.63. The Morgan fingerprint density at radius 2 is 2.06 bits per heavy atom. The van der Waals surface area contributed by atoms with Gasteiger partial charge in [0.15, 0.2) is 0 Å². The van der Waals surface area contributed by atoms with Gasteiger partial charge in [-0.1, -0.05) is 5.21 Å². The Kier molecular flexibility index (Phi) is 3.26. The lowest BCUT2D eigenvalue weighted by atomic mass is 10.1. The van der Waals surface area contributed by atoms with Gasteiger partial charge in [0, 0.05) is 32.1 Å². The highest BCUT2D eigenvalue weighted by Crippen LogP contribution is 2.06. The molecule has 0 bridgehead atoms. The molecule has 0 fully saturated rings. The maximum absolute atomic E-state index is 9.87. The first-order valence-electron chi connectivity index (χ1n) is 5.16. The first kappa shape index (κ1) is 10.8. The average Bonchev–Trinajstić information content (AvgIpc) is 2.65. The van der Waals surface area contributed by atoms with Gasteiger partial charge in [-0.25, -0.2) is 0 Å². The Labute approximate surface area is 93.8 Å². The van der Waals surface area contributed by atoms with Crippen molar-refractivity contribution in [3.63, 3.8) is 0 Å². The molecule has 0 radical (unpaired) electrons. The molecule has 1 unspecified atom stereocenters. The minimum atomic E-state index is -0.431. The van der Waals surface area contributed by atoms with Gasteiger partial charge >= 0.3 is 0 Å². The number of aliphatic hydroxyl groups excluding tert-OH is 1. The quantitative estimate of drug-likeness (QED) is 0.804. The molecular formula is C11H14N4O. The molecule has 2 heterocycles. The van der Waals surface area contributed by atoms with Gasteiger partial charge in [-0.3, -0.25) is 9.67 Å². The van der Waals surface area contributed by atoms with Crippen LogP contribution in [0.25, 0.3) is 0 Å². The van der Waals surface area contributed by atoms with Crippen molar-refractivity contribution in [2.24, 2.45) is 7.05 Å². The third-order valence-corrected chi connectivity index (χ3v) is 2.32. The standard InChI is InChI=1S/C11H14N4O/c1-15-8-10(13-14-15)7-11(16)6-9-2-4-12-5-3-9/h2-5,8,11,16H,6-7H2,1H3. The van der Waals surface area contributed by atoms with E-state index >= 15 is 0 Å². The summed E-state index contributed by atoms with van der Waals surface area (Å²) in [4.78, 5) is 3.93. The smallest absolute Gasteiger partial charge is 0.0852 e. The summed E-state index contributed by atoms with van der Waals surface area (Å²) in [6, 6.07) is 3.81. The Morgan fingerprint density at radius 3 is 2.69 bits per heavy atom. The molecule has 5 heteroatoms. The maximum atomic E-state index is 9.87. The van der Waals surface area contributed by atoms with Crippen molar-refractivity contribution >= 4 is 0 Å². The Hall–Kier alpha value is -1.75. The van der Waals surface area contributed by atoms with E-state index in [1.54, 1.807) is 17.1 Å². The van der Waals surface area contributed by atoms with Gasteiger partial charge < -0.3 is 5.11 Å². The van der Waals surface area contributed by atoms with Crippen molar-refractivity contribution in [3.8, 4) is 0 Å². The molecular weight excluding hydrogens is 204 g/mol. The summed E-state index contributed by atoms with van der Waals surface area (Å²) in [6.45, 7) is 0. The zero-order valence-corrected chi connectivity index (χ0v) is 9.11. The van der Waals surface area contributed by atoms with E-state index < -0.39 is 6.10 Å². The van der Waals surface area contributed by atoms with Crippen LogP contribution in [-0.4, -0.2) is 31.2 Å². The Balaban J connectivity index is 1.92. The van der Waals surface area contributed by atoms with Gasteiger partial charge in [-0.05, 0) is 24.1 Å². The number of nitrogens with zero attached hydrogens (tertiary/aromatic N) is 4. The lowest BCUT2D eigenvalue weighted by Crippen LogP contribution is -2.14. The molecule has 0 aliphatic carbocycles. The van der Waals surface area contributed by atoms with Crippen molar-refractivity contribution in [2.45, 2.75) is 18.9 Å². The van der Waals surface area contributed by atoms with Crippen LogP contribution in [0, 0.1) is 0 Å². The minimum Gasteiger partial charge on any atom is -0.392 e. The van der Waals surface area contributed by atoms with Gasteiger partial charge in [0.1, 0.15) is 0 Å². The van der Waals surface area contributed by atoms with E-state index in [1.807, 2.05) is 25.4 Å². The summed E-state index contributed by atoms with van der Waals surface area (Å²) in [7, 11) is 1.81. The van der Waals surface area contributed by atoms with Crippen LogP contribution >= 0.6 is 0 Å². The van der Waals surface area contributed by atoms with Gasteiger partial charge in [-0.2, -0.15) is 0 Å². The number of pyridine rings is 1. The second kappa shape index (κ2) is 4.85. The van der Waals surface area contributed by atoms with Crippen molar-refractivity contribution in [1.29, 1.82) is 0 Å². The van der Waals surface area contributed by atoms with Gasteiger partial charge in [0.25, 0.3) is 0 Å². The van der Waals surface area contributed by atoms with Crippen molar-refractivity contribution in [1.82, 2.24) is 20.0 Å².